The second-order valence-electron chi connectivity index (χ2n) is 6.72. The first kappa shape index (κ1) is 14.9. The van der Waals surface area contributed by atoms with Crippen molar-refractivity contribution in [2.24, 2.45) is 11.8 Å². The van der Waals surface area contributed by atoms with Crippen molar-refractivity contribution in [2.45, 2.75) is 13.3 Å². The summed E-state index contributed by atoms with van der Waals surface area (Å²) in [6.07, 6.45) is 1.99. The Morgan fingerprint density at radius 1 is 1.25 bits per heavy atom. The highest BCUT2D eigenvalue weighted by Gasteiger charge is 2.42. The molecule has 0 fully saturated rings. The minimum atomic E-state index is -0.335. The van der Waals surface area contributed by atoms with E-state index >= 15 is 0 Å². The van der Waals surface area contributed by atoms with Crippen LogP contribution in [0.5, 0.6) is 0 Å². The highest BCUT2D eigenvalue weighted by Crippen LogP contribution is 2.39. The molecule has 1 aliphatic carbocycles. The fourth-order valence-corrected chi connectivity index (χ4v) is 3.96. The number of aromatic amines is 1. The van der Waals surface area contributed by atoms with Crippen LogP contribution in [0.15, 0.2) is 36.0 Å². The Balaban J connectivity index is 1.94. The first-order chi connectivity index (χ1) is 11.5. The zero-order valence-electron chi connectivity index (χ0n) is 13.6. The van der Waals surface area contributed by atoms with Gasteiger partial charge in [-0.3, -0.25) is 14.4 Å². The topological polar surface area (TPSA) is 70.2 Å². The summed E-state index contributed by atoms with van der Waals surface area (Å²) in [5, 5.41) is 0.764. The molecule has 1 aromatic heterocycles. The van der Waals surface area contributed by atoms with Crippen molar-refractivity contribution in [1.82, 2.24) is 9.88 Å². The fourth-order valence-electron chi connectivity index (χ4n) is 3.96. The molecule has 5 nitrogen and oxygen atoms in total. The second kappa shape index (κ2) is 5.16. The number of hydrogen-bond donors (Lipinski definition) is 1. The number of allylic oxidation sites excluding steroid dienone is 1. The molecular formula is C19H18N2O3. The van der Waals surface area contributed by atoms with Crippen molar-refractivity contribution in [1.29, 1.82) is 0 Å². The molecule has 1 N–H and O–H groups in total. The molecule has 0 amide bonds. The van der Waals surface area contributed by atoms with Gasteiger partial charge in [-0.05, 0) is 13.0 Å². The van der Waals surface area contributed by atoms with Gasteiger partial charge in [0, 0.05) is 54.5 Å². The smallest absolute Gasteiger partial charge is 0.193 e. The highest BCUT2D eigenvalue weighted by atomic mass is 16.1. The van der Waals surface area contributed by atoms with Gasteiger partial charge in [-0.25, -0.2) is 0 Å². The van der Waals surface area contributed by atoms with Gasteiger partial charge >= 0.3 is 0 Å². The average molecular weight is 322 g/mol. The van der Waals surface area contributed by atoms with Crippen LogP contribution in [0.25, 0.3) is 10.9 Å². The zero-order valence-corrected chi connectivity index (χ0v) is 13.6. The van der Waals surface area contributed by atoms with E-state index in [-0.39, 0.29) is 35.6 Å². The summed E-state index contributed by atoms with van der Waals surface area (Å²) in [7, 11) is 1.86. The van der Waals surface area contributed by atoms with Crippen LogP contribution in [0.2, 0.25) is 0 Å². The summed E-state index contributed by atoms with van der Waals surface area (Å²) in [6, 6.07) is 7.44. The van der Waals surface area contributed by atoms with Gasteiger partial charge in [0.05, 0.1) is 11.3 Å². The highest BCUT2D eigenvalue weighted by molar-refractivity contribution is 6.24. The van der Waals surface area contributed by atoms with E-state index in [2.05, 4.69) is 4.98 Å². The number of rotatable bonds is 1. The van der Waals surface area contributed by atoms with E-state index in [4.69, 9.17) is 0 Å². The number of Topliss-reactive ketones (excluding diaryl/α,β-unsaturated/α-hetero) is 3. The molecule has 0 saturated heterocycles. The average Bonchev–Trinajstić information content (AvgIpc) is 2.90. The molecule has 2 aliphatic rings. The lowest BCUT2D eigenvalue weighted by atomic mass is 9.77. The van der Waals surface area contributed by atoms with E-state index in [1.165, 1.54) is 6.92 Å². The molecule has 2 atom stereocenters. The lowest BCUT2D eigenvalue weighted by Gasteiger charge is -2.34. The van der Waals surface area contributed by atoms with Gasteiger partial charge in [-0.1, -0.05) is 18.2 Å². The molecule has 5 heteroatoms. The summed E-state index contributed by atoms with van der Waals surface area (Å²) in [6.45, 7) is 2.08. The number of hydrogen-bond acceptors (Lipinski definition) is 4. The van der Waals surface area contributed by atoms with Crippen molar-refractivity contribution in [2.75, 3.05) is 13.6 Å². The number of carbonyl (C=O) groups excluding carboxylic acids is 3. The quantitative estimate of drug-likeness (QED) is 0.876. The molecule has 2 heterocycles. The monoisotopic (exact) mass is 322 g/mol. The Labute approximate surface area is 139 Å². The summed E-state index contributed by atoms with van der Waals surface area (Å²) >= 11 is 0. The van der Waals surface area contributed by atoms with Crippen LogP contribution in [0, 0.1) is 11.8 Å². The van der Waals surface area contributed by atoms with Crippen LogP contribution in [-0.4, -0.2) is 40.8 Å². The molecule has 2 unspecified atom stereocenters. The molecule has 122 valence electrons. The van der Waals surface area contributed by atoms with Crippen molar-refractivity contribution >= 4 is 28.3 Å². The number of aromatic nitrogens is 1. The number of benzene rings is 1. The van der Waals surface area contributed by atoms with E-state index in [0.29, 0.717) is 23.4 Å². The van der Waals surface area contributed by atoms with E-state index in [9.17, 15) is 14.4 Å². The molecule has 1 aromatic carbocycles. The number of fused-ring (bicyclic) bond motifs is 4. The lowest BCUT2D eigenvalue weighted by molar-refractivity contribution is -0.122. The fraction of sp³-hybridized carbons (Fsp3) is 0.316. The van der Waals surface area contributed by atoms with Crippen molar-refractivity contribution in [3.05, 3.63) is 47.3 Å². The SMILES string of the molecule is CC(=O)C1CN(C)C=C2C(=O)c3c([nH]c4ccccc34)C(=O)CC21. The lowest BCUT2D eigenvalue weighted by Crippen LogP contribution is -2.39. The van der Waals surface area contributed by atoms with E-state index in [1.807, 2.05) is 36.2 Å². The van der Waals surface area contributed by atoms with Gasteiger partial charge in [0.2, 0.25) is 0 Å². The number of nitrogens with one attached hydrogen (secondary N) is 1. The summed E-state index contributed by atoms with van der Waals surface area (Å²) in [5.74, 6) is -0.875. The van der Waals surface area contributed by atoms with Crippen LogP contribution in [-0.2, 0) is 4.79 Å². The maximum atomic E-state index is 13.2. The van der Waals surface area contributed by atoms with E-state index in [1.54, 1.807) is 6.20 Å². The first-order valence-electron chi connectivity index (χ1n) is 8.08. The third-order valence-corrected chi connectivity index (χ3v) is 5.13. The minimum Gasteiger partial charge on any atom is -0.379 e. The summed E-state index contributed by atoms with van der Waals surface area (Å²) in [5.41, 5.74) is 2.18. The van der Waals surface area contributed by atoms with Crippen LogP contribution in [0.3, 0.4) is 0 Å². The molecule has 4 rings (SSSR count). The minimum absolute atomic E-state index is 0.0217. The Bertz CT molecular complexity index is 922. The Kier molecular flexibility index (Phi) is 3.20. The number of H-pyrrole nitrogens is 1. The van der Waals surface area contributed by atoms with Gasteiger partial charge in [0.25, 0.3) is 0 Å². The van der Waals surface area contributed by atoms with Crippen molar-refractivity contribution in [3.8, 4) is 0 Å². The number of nitrogens with zero attached hydrogens (tertiary/aromatic N) is 1. The molecule has 24 heavy (non-hydrogen) atoms. The molecular weight excluding hydrogens is 304 g/mol. The number of para-hydroxylation sites is 1. The maximum Gasteiger partial charge on any atom is 0.193 e. The van der Waals surface area contributed by atoms with Gasteiger partial charge in [-0.15, -0.1) is 0 Å². The van der Waals surface area contributed by atoms with Crippen LogP contribution >= 0.6 is 0 Å². The van der Waals surface area contributed by atoms with Gasteiger partial charge < -0.3 is 9.88 Å². The predicted octanol–water partition coefficient (Wildman–Crippen LogP) is 2.59. The zero-order chi connectivity index (χ0) is 17.0. The molecule has 1 aliphatic heterocycles. The van der Waals surface area contributed by atoms with E-state index < -0.39 is 0 Å². The third kappa shape index (κ3) is 2.04. The van der Waals surface area contributed by atoms with Gasteiger partial charge in [0.1, 0.15) is 5.78 Å². The molecule has 0 radical (unpaired) electrons. The second-order valence-corrected chi connectivity index (χ2v) is 6.72. The molecule has 0 bridgehead atoms. The normalized spacial score (nSPS) is 23.6. The Morgan fingerprint density at radius 2 is 2.00 bits per heavy atom. The largest absolute Gasteiger partial charge is 0.379 e. The standard InChI is InChI=1S/C19H18N2O3/c1-10(22)13-8-21(2)9-14-12(13)7-16(23)18-17(19(14)24)11-5-3-4-6-15(11)20-18/h3-6,9,12-13,20H,7-8H2,1-2H3. The summed E-state index contributed by atoms with van der Waals surface area (Å²) in [4.78, 5) is 43.1. The predicted molar refractivity (Wildman–Crippen MR) is 90.0 cm³/mol. The van der Waals surface area contributed by atoms with Crippen molar-refractivity contribution < 1.29 is 14.4 Å². The maximum absolute atomic E-state index is 13.2. The Morgan fingerprint density at radius 3 is 2.75 bits per heavy atom. The van der Waals surface area contributed by atoms with Crippen LogP contribution in [0.4, 0.5) is 0 Å². The molecule has 0 spiro atoms. The molecule has 0 saturated carbocycles. The van der Waals surface area contributed by atoms with Crippen molar-refractivity contribution in [3.63, 3.8) is 0 Å². The number of carbonyl (C=O) groups is 3. The van der Waals surface area contributed by atoms with Crippen LogP contribution in [0.1, 0.15) is 34.2 Å². The molecule has 2 aromatic rings. The van der Waals surface area contributed by atoms with Gasteiger partial charge in [-0.2, -0.15) is 0 Å². The van der Waals surface area contributed by atoms with Crippen LogP contribution < -0.4 is 0 Å². The Hall–Kier alpha value is -2.69. The summed E-state index contributed by atoms with van der Waals surface area (Å²) < 4.78 is 0. The first-order valence-corrected chi connectivity index (χ1v) is 8.08. The van der Waals surface area contributed by atoms with Gasteiger partial charge in [0.15, 0.2) is 11.6 Å². The third-order valence-electron chi connectivity index (χ3n) is 5.13. The number of ketones is 3. The van der Waals surface area contributed by atoms with E-state index in [0.717, 1.165) is 10.9 Å².